The molecule has 0 aromatic heterocycles. The Morgan fingerprint density at radius 2 is 1.88 bits per heavy atom. The molecule has 0 heterocycles. The van der Waals surface area contributed by atoms with Crippen molar-refractivity contribution in [1.82, 2.24) is 0 Å². The van der Waals surface area contributed by atoms with Gasteiger partial charge in [0.25, 0.3) is 0 Å². The van der Waals surface area contributed by atoms with Crippen molar-refractivity contribution < 1.29 is 0 Å². The van der Waals surface area contributed by atoms with Crippen molar-refractivity contribution in [1.29, 1.82) is 0 Å². The van der Waals surface area contributed by atoms with Gasteiger partial charge in [0.15, 0.2) is 0 Å². The van der Waals surface area contributed by atoms with Crippen LogP contribution in [0.4, 0.5) is 5.69 Å². The summed E-state index contributed by atoms with van der Waals surface area (Å²) in [5, 5.41) is 3.93. The van der Waals surface area contributed by atoms with Crippen LogP contribution < -0.4 is 5.32 Å². The Morgan fingerprint density at radius 1 is 1.12 bits per heavy atom. The molecule has 0 unspecified atom stereocenters. The minimum Gasteiger partial charge on any atom is -0.387 e. The topological polar surface area (TPSA) is 12.0 Å². The first kappa shape index (κ1) is 12.3. The van der Waals surface area contributed by atoms with Crippen LogP contribution in [-0.2, 0) is 5.75 Å². The molecule has 17 heavy (non-hydrogen) atoms. The van der Waals surface area contributed by atoms with E-state index in [0.29, 0.717) is 0 Å². The second kappa shape index (κ2) is 5.99. The quantitative estimate of drug-likeness (QED) is 0.805. The zero-order chi connectivity index (χ0) is 12.1. The second-order valence-corrected chi connectivity index (χ2v) is 5.12. The van der Waals surface area contributed by atoms with E-state index < -0.39 is 0 Å². The Balaban J connectivity index is 2.09. The third-order valence-electron chi connectivity index (χ3n) is 2.45. The predicted molar refractivity (Wildman–Crippen MR) is 77.0 cm³/mol. The average molecular weight is 264 g/mol. The second-order valence-electron chi connectivity index (χ2n) is 3.66. The first-order valence-corrected chi connectivity index (χ1v) is 6.80. The fourth-order valence-corrected chi connectivity index (χ4v) is 2.73. The highest BCUT2D eigenvalue weighted by molar-refractivity contribution is 7.98. The van der Waals surface area contributed by atoms with Crippen LogP contribution in [0.1, 0.15) is 5.56 Å². The van der Waals surface area contributed by atoms with Crippen LogP contribution in [0.3, 0.4) is 0 Å². The molecule has 0 atom stereocenters. The number of benzene rings is 2. The highest BCUT2D eigenvalue weighted by Crippen LogP contribution is 2.31. The van der Waals surface area contributed by atoms with Gasteiger partial charge in [-0.1, -0.05) is 41.9 Å². The molecule has 3 heteroatoms. The fourth-order valence-electron chi connectivity index (χ4n) is 1.56. The molecule has 0 saturated heterocycles. The molecular formula is C14H14ClNS. The van der Waals surface area contributed by atoms with Crippen molar-refractivity contribution in [2.24, 2.45) is 0 Å². The molecule has 2 aromatic carbocycles. The van der Waals surface area contributed by atoms with Crippen LogP contribution >= 0.6 is 23.4 Å². The molecule has 1 nitrogen and oxygen atoms in total. The molecule has 0 aliphatic carbocycles. The average Bonchev–Trinajstić information content (AvgIpc) is 2.38. The number of anilines is 1. The van der Waals surface area contributed by atoms with Crippen molar-refractivity contribution >= 4 is 29.1 Å². The molecule has 0 spiro atoms. The van der Waals surface area contributed by atoms with Gasteiger partial charge < -0.3 is 5.32 Å². The van der Waals surface area contributed by atoms with Crippen LogP contribution in [0, 0.1) is 0 Å². The normalized spacial score (nSPS) is 10.2. The van der Waals surface area contributed by atoms with E-state index in [9.17, 15) is 0 Å². The van der Waals surface area contributed by atoms with Crippen molar-refractivity contribution in [3.63, 3.8) is 0 Å². The summed E-state index contributed by atoms with van der Waals surface area (Å²) in [6, 6.07) is 16.4. The van der Waals surface area contributed by atoms with Gasteiger partial charge in [-0.05, 0) is 23.8 Å². The lowest BCUT2D eigenvalue weighted by atomic mass is 10.2. The minimum absolute atomic E-state index is 0.762. The van der Waals surface area contributed by atoms with E-state index >= 15 is 0 Å². The van der Waals surface area contributed by atoms with Crippen molar-refractivity contribution in [2.75, 3.05) is 12.4 Å². The van der Waals surface area contributed by atoms with Crippen molar-refractivity contribution in [3.8, 4) is 0 Å². The summed E-state index contributed by atoms with van der Waals surface area (Å²) in [6.07, 6.45) is 0. The molecule has 0 radical (unpaired) electrons. The Morgan fingerprint density at radius 3 is 2.59 bits per heavy atom. The maximum atomic E-state index is 5.96. The van der Waals surface area contributed by atoms with E-state index in [4.69, 9.17) is 11.6 Å². The first-order valence-electron chi connectivity index (χ1n) is 5.43. The predicted octanol–water partition coefficient (Wildman–Crippen LogP) is 4.67. The molecule has 0 aliphatic heterocycles. The molecule has 2 aromatic rings. The van der Waals surface area contributed by atoms with Gasteiger partial charge in [-0.25, -0.2) is 0 Å². The van der Waals surface area contributed by atoms with Gasteiger partial charge >= 0.3 is 0 Å². The van der Waals surface area contributed by atoms with Crippen molar-refractivity contribution in [2.45, 2.75) is 10.6 Å². The van der Waals surface area contributed by atoms with E-state index in [-0.39, 0.29) is 0 Å². The molecular weight excluding hydrogens is 250 g/mol. The van der Waals surface area contributed by atoms with E-state index in [0.717, 1.165) is 16.5 Å². The number of hydrogen-bond acceptors (Lipinski definition) is 2. The SMILES string of the molecule is CNc1cc(Cl)ccc1SCc1ccccc1. The van der Waals surface area contributed by atoms with E-state index in [1.807, 2.05) is 37.0 Å². The summed E-state index contributed by atoms with van der Waals surface area (Å²) in [7, 11) is 1.91. The monoisotopic (exact) mass is 263 g/mol. The van der Waals surface area contributed by atoms with Crippen LogP contribution in [0.2, 0.25) is 5.02 Å². The Kier molecular flexibility index (Phi) is 4.35. The van der Waals surface area contributed by atoms with Gasteiger partial charge in [0, 0.05) is 28.4 Å². The zero-order valence-electron chi connectivity index (χ0n) is 9.61. The van der Waals surface area contributed by atoms with Crippen LogP contribution in [0.5, 0.6) is 0 Å². The standard InChI is InChI=1S/C14H14ClNS/c1-16-13-9-12(15)7-8-14(13)17-10-11-5-3-2-4-6-11/h2-9,16H,10H2,1H3. The highest BCUT2D eigenvalue weighted by atomic mass is 35.5. The molecule has 2 rings (SSSR count). The highest BCUT2D eigenvalue weighted by Gasteiger charge is 2.03. The number of rotatable bonds is 4. The lowest BCUT2D eigenvalue weighted by Crippen LogP contribution is -1.91. The van der Waals surface area contributed by atoms with Gasteiger partial charge in [0.1, 0.15) is 0 Å². The summed E-state index contributed by atoms with van der Waals surface area (Å²) in [5.41, 5.74) is 2.41. The van der Waals surface area contributed by atoms with Crippen LogP contribution in [0.25, 0.3) is 0 Å². The Hall–Kier alpha value is -1.12. The zero-order valence-corrected chi connectivity index (χ0v) is 11.2. The van der Waals surface area contributed by atoms with Gasteiger partial charge in [-0.3, -0.25) is 0 Å². The maximum absolute atomic E-state index is 5.96. The molecule has 0 amide bonds. The Labute approximate surface area is 111 Å². The largest absolute Gasteiger partial charge is 0.387 e. The lowest BCUT2D eigenvalue weighted by molar-refractivity contribution is 1.35. The number of thioether (sulfide) groups is 1. The smallest absolute Gasteiger partial charge is 0.0490 e. The molecule has 1 N–H and O–H groups in total. The third-order valence-corrected chi connectivity index (χ3v) is 3.83. The summed E-state index contributed by atoms with van der Waals surface area (Å²) in [6.45, 7) is 0. The van der Waals surface area contributed by atoms with Gasteiger partial charge in [0.05, 0.1) is 0 Å². The van der Waals surface area contributed by atoms with Gasteiger partial charge in [-0.15, -0.1) is 11.8 Å². The Bertz CT molecular complexity index is 485. The third kappa shape index (κ3) is 3.42. The van der Waals surface area contributed by atoms with Gasteiger partial charge in [0.2, 0.25) is 0 Å². The number of halogens is 1. The molecule has 0 fully saturated rings. The number of nitrogens with one attached hydrogen (secondary N) is 1. The maximum Gasteiger partial charge on any atom is 0.0490 e. The minimum atomic E-state index is 0.762. The first-order chi connectivity index (χ1) is 8.29. The van der Waals surface area contributed by atoms with Crippen molar-refractivity contribution in [3.05, 3.63) is 59.1 Å². The summed E-state index contributed by atoms with van der Waals surface area (Å²) in [4.78, 5) is 1.22. The van der Waals surface area contributed by atoms with E-state index in [2.05, 4.69) is 35.6 Å². The van der Waals surface area contributed by atoms with E-state index in [1.54, 1.807) is 0 Å². The summed E-state index contributed by atoms with van der Waals surface area (Å²) in [5.74, 6) is 0.969. The summed E-state index contributed by atoms with van der Waals surface area (Å²) < 4.78 is 0. The van der Waals surface area contributed by atoms with Crippen LogP contribution in [-0.4, -0.2) is 7.05 Å². The van der Waals surface area contributed by atoms with Crippen LogP contribution in [0.15, 0.2) is 53.4 Å². The van der Waals surface area contributed by atoms with E-state index in [1.165, 1.54) is 10.5 Å². The lowest BCUT2D eigenvalue weighted by Gasteiger charge is -2.09. The summed E-state index contributed by atoms with van der Waals surface area (Å²) >= 11 is 7.78. The molecule has 0 bridgehead atoms. The fraction of sp³-hybridized carbons (Fsp3) is 0.143. The molecule has 0 saturated carbocycles. The molecule has 88 valence electrons. The number of hydrogen-bond donors (Lipinski definition) is 1. The van der Waals surface area contributed by atoms with Gasteiger partial charge in [-0.2, -0.15) is 0 Å². The molecule has 0 aliphatic rings.